The Labute approximate surface area is 187 Å². The Balaban J connectivity index is 1.42. The first-order valence-corrected chi connectivity index (χ1v) is 12.8. The fourth-order valence-electron chi connectivity index (χ4n) is 4.40. The third kappa shape index (κ3) is 4.16. The first-order valence-electron chi connectivity index (χ1n) is 10.4. The largest absolute Gasteiger partial charge is 0.290 e. The molecular formula is C25H24N2O2S2. The topological polar surface area (TPSA) is 49.4 Å². The van der Waals surface area contributed by atoms with E-state index in [1.807, 2.05) is 30.3 Å². The number of benzene rings is 3. The summed E-state index contributed by atoms with van der Waals surface area (Å²) >= 11 is 1.65. The number of nitrogens with one attached hydrogen (secondary N) is 1. The van der Waals surface area contributed by atoms with Crippen molar-refractivity contribution in [3.63, 3.8) is 0 Å². The molecule has 6 heteroatoms. The van der Waals surface area contributed by atoms with E-state index in [0.717, 1.165) is 35.8 Å². The molecule has 0 spiro atoms. The molecular weight excluding hydrogens is 424 g/mol. The van der Waals surface area contributed by atoms with E-state index in [-0.39, 0.29) is 6.04 Å². The zero-order valence-electron chi connectivity index (χ0n) is 17.1. The molecule has 0 amide bonds. The van der Waals surface area contributed by atoms with E-state index < -0.39 is 10.0 Å². The first-order chi connectivity index (χ1) is 15.1. The molecule has 1 aliphatic rings. The fraction of sp³-hybridized carbons (Fsp3) is 0.200. The maximum atomic E-state index is 13.3. The van der Waals surface area contributed by atoms with E-state index in [1.165, 1.54) is 11.1 Å². The SMILES string of the molecule is O=S(=O)(NC[C@@H](c1ccsc1)N1CCc2ccccc2C1)c1cccc2ccccc12. The predicted octanol–water partition coefficient (Wildman–Crippen LogP) is 4.98. The van der Waals surface area contributed by atoms with Crippen molar-refractivity contribution in [3.05, 3.63) is 100 Å². The highest BCUT2D eigenvalue weighted by atomic mass is 32.2. The van der Waals surface area contributed by atoms with Crippen molar-refractivity contribution in [1.82, 2.24) is 9.62 Å². The smallest absolute Gasteiger partial charge is 0.241 e. The highest BCUT2D eigenvalue weighted by Gasteiger charge is 2.27. The van der Waals surface area contributed by atoms with Gasteiger partial charge in [0.05, 0.1) is 4.90 Å². The number of rotatable bonds is 6. The molecule has 0 radical (unpaired) electrons. The average Bonchev–Trinajstić information content (AvgIpc) is 3.33. The zero-order chi connectivity index (χ0) is 21.3. The standard InChI is InChI=1S/C25H24N2O2S2/c28-31(29,25-11-5-9-20-7-3-4-10-23(20)25)26-16-24(22-13-15-30-18-22)27-14-12-19-6-1-2-8-21(19)17-27/h1-11,13,15,18,24,26H,12,14,16-17H2/t24-/m0/s1. The molecule has 2 heterocycles. The van der Waals surface area contributed by atoms with Crippen LogP contribution in [0.3, 0.4) is 0 Å². The van der Waals surface area contributed by atoms with Gasteiger partial charge in [-0.1, -0.05) is 60.7 Å². The van der Waals surface area contributed by atoms with Gasteiger partial charge in [0.15, 0.2) is 0 Å². The summed E-state index contributed by atoms with van der Waals surface area (Å²) in [6, 6.07) is 23.6. The highest BCUT2D eigenvalue weighted by molar-refractivity contribution is 7.89. The van der Waals surface area contributed by atoms with Gasteiger partial charge in [0.1, 0.15) is 0 Å². The maximum absolute atomic E-state index is 13.3. The molecule has 158 valence electrons. The Morgan fingerprint density at radius 1 is 0.935 bits per heavy atom. The zero-order valence-corrected chi connectivity index (χ0v) is 18.7. The fourth-order valence-corrected chi connectivity index (χ4v) is 6.38. The van der Waals surface area contributed by atoms with Crippen LogP contribution in [0.1, 0.15) is 22.7 Å². The van der Waals surface area contributed by atoms with Crippen LogP contribution in [0.25, 0.3) is 10.8 Å². The quantitative estimate of drug-likeness (QED) is 0.453. The molecule has 1 N–H and O–H groups in total. The van der Waals surface area contributed by atoms with Crippen molar-refractivity contribution in [2.45, 2.75) is 23.9 Å². The lowest BCUT2D eigenvalue weighted by Gasteiger charge is -2.35. The van der Waals surface area contributed by atoms with Gasteiger partial charge in [-0.2, -0.15) is 11.3 Å². The van der Waals surface area contributed by atoms with Crippen LogP contribution < -0.4 is 4.72 Å². The van der Waals surface area contributed by atoms with Gasteiger partial charge in [-0.3, -0.25) is 4.90 Å². The summed E-state index contributed by atoms with van der Waals surface area (Å²) in [6.07, 6.45) is 0.979. The summed E-state index contributed by atoms with van der Waals surface area (Å²) in [5, 5.41) is 5.85. The van der Waals surface area contributed by atoms with Gasteiger partial charge >= 0.3 is 0 Å². The van der Waals surface area contributed by atoms with Crippen molar-refractivity contribution < 1.29 is 8.42 Å². The van der Waals surface area contributed by atoms with Crippen LogP contribution in [0.4, 0.5) is 0 Å². The lowest BCUT2D eigenvalue weighted by Crippen LogP contribution is -2.40. The van der Waals surface area contributed by atoms with Gasteiger partial charge in [-0.05, 0) is 51.4 Å². The number of sulfonamides is 1. The molecule has 0 unspecified atom stereocenters. The minimum atomic E-state index is -3.65. The Morgan fingerprint density at radius 3 is 2.55 bits per heavy atom. The van der Waals surface area contributed by atoms with Crippen LogP contribution in [0.2, 0.25) is 0 Å². The molecule has 31 heavy (non-hydrogen) atoms. The van der Waals surface area contributed by atoms with E-state index in [1.54, 1.807) is 23.5 Å². The molecule has 3 aromatic carbocycles. The second-order valence-electron chi connectivity index (χ2n) is 7.89. The normalized spacial score (nSPS) is 15.6. The molecule has 0 fully saturated rings. The Kier molecular flexibility index (Phi) is 5.63. The summed E-state index contributed by atoms with van der Waals surface area (Å²) in [5.41, 5.74) is 3.87. The Morgan fingerprint density at radius 2 is 1.71 bits per heavy atom. The Hall–Kier alpha value is -2.51. The second-order valence-corrected chi connectivity index (χ2v) is 10.4. The summed E-state index contributed by atoms with van der Waals surface area (Å²) < 4.78 is 29.5. The van der Waals surface area contributed by atoms with E-state index >= 15 is 0 Å². The van der Waals surface area contributed by atoms with Crippen molar-refractivity contribution in [1.29, 1.82) is 0 Å². The average molecular weight is 449 g/mol. The molecule has 4 nitrogen and oxygen atoms in total. The van der Waals surface area contributed by atoms with E-state index in [0.29, 0.717) is 11.4 Å². The van der Waals surface area contributed by atoms with Crippen LogP contribution in [-0.2, 0) is 23.0 Å². The van der Waals surface area contributed by atoms with Gasteiger partial charge < -0.3 is 0 Å². The lowest BCUT2D eigenvalue weighted by molar-refractivity contribution is 0.181. The van der Waals surface area contributed by atoms with Crippen LogP contribution in [0, 0.1) is 0 Å². The maximum Gasteiger partial charge on any atom is 0.241 e. The number of fused-ring (bicyclic) bond motifs is 2. The molecule has 0 bridgehead atoms. The van der Waals surface area contributed by atoms with Gasteiger partial charge in [-0.25, -0.2) is 13.1 Å². The number of nitrogens with zero attached hydrogens (tertiary/aromatic N) is 1. The third-order valence-corrected chi connectivity index (χ3v) is 8.22. The van der Waals surface area contributed by atoms with Crippen LogP contribution in [-0.4, -0.2) is 26.4 Å². The molecule has 0 saturated carbocycles. The summed E-state index contributed by atoms with van der Waals surface area (Å²) in [7, 11) is -3.65. The molecule has 0 saturated heterocycles. The Bertz CT molecular complexity index is 1290. The minimum absolute atomic E-state index is 0.00985. The van der Waals surface area contributed by atoms with Crippen LogP contribution >= 0.6 is 11.3 Å². The first kappa shape index (κ1) is 20.4. The lowest BCUT2D eigenvalue weighted by atomic mass is 9.97. The summed E-state index contributed by atoms with van der Waals surface area (Å²) in [4.78, 5) is 2.72. The highest BCUT2D eigenvalue weighted by Crippen LogP contribution is 2.30. The molecule has 1 aliphatic heterocycles. The van der Waals surface area contributed by atoms with Gasteiger partial charge in [0.2, 0.25) is 10.0 Å². The van der Waals surface area contributed by atoms with Gasteiger partial charge in [0.25, 0.3) is 0 Å². The number of thiophene rings is 1. The molecule has 1 atom stereocenters. The summed E-state index contributed by atoms with van der Waals surface area (Å²) in [6.45, 7) is 2.07. The minimum Gasteiger partial charge on any atom is -0.290 e. The molecule has 5 rings (SSSR count). The van der Waals surface area contributed by atoms with E-state index in [9.17, 15) is 8.42 Å². The molecule has 1 aromatic heterocycles. The molecule has 4 aromatic rings. The van der Waals surface area contributed by atoms with Crippen molar-refractivity contribution in [2.75, 3.05) is 13.1 Å². The number of hydrogen-bond acceptors (Lipinski definition) is 4. The monoisotopic (exact) mass is 448 g/mol. The van der Waals surface area contributed by atoms with E-state index in [4.69, 9.17) is 0 Å². The van der Waals surface area contributed by atoms with Crippen LogP contribution in [0.5, 0.6) is 0 Å². The second kappa shape index (κ2) is 8.55. The van der Waals surface area contributed by atoms with Crippen molar-refractivity contribution in [3.8, 4) is 0 Å². The van der Waals surface area contributed by atoms with Crippen molar-refractivity contribution >= 4 is 32.1 Å². The molecule has 0 aliphatic carbocycles. The van der Waals surface area contributed by atoms with Crippen LogP contribution in [0.15, 0.2) is 88.5 Å². The third-order valence-electron chi connectivity index (χ3n) is 6.03. The van der Waals surface area contributed by atoms with Gasteiger partial charge in [-0.15, -0.1) is 0 Å². The van der Waals surface area contributed by atoms with Gasteiger partial charge in [0, 0.05) is 31.1 Å². The number of hydrogen-bond donors (Lipinski definition) is 1. The van der Waals surface area contributed by atoms with Crippen molar-refractivity contribution in [2.24, 2.45) is 0 Å². The predicted molar refractivity (Wildman–Crippen MR) is 127 cm³/mol. The summed E-state index contributed by atoms with van der Waals surface area (Å²) in [5.74, 6) is 0. The van der Waals surface area contributed by atoms with E-state index in [2.05, 4.69) is 50.7 Å².